The summed E-state index contributed by atoms with van der Waals surface area (Å²) in [6.07, 6.45) is 2.21. The van der Waals surface area contributed by atoms with Crippen LogP contribution in [0.1, 0.15) is 11.1 Å². The van der Waals surface area contributed by atoms with Crippen molar-refractivity contribution in [3.05, 3.63) is 84.1 Å². The molecule has 0 aliphatic heterocycles. The van der Waals surface area contributed by atoms with Crippen LogP contribution >= 0.6 is 0 Å². The van der Waals surface area contributed by atoms with Crippen molar-refractivity contribution in [2.75, 3.05) is 0 Å². The predicted molar refractivity (Wildman–Crippen MR) is 122 cm³/mol. The van der Waals surface area contributed by atoms with Crippen LogP contribution in [0.5, 0.6) is 0 Å². The Balaban J connectivity index is 1.88. The average Bonchev–Trinajstić information content (AvgIpc) is 3.28. The Hall–Kier alpha value is -3.59. The fourth-order valence-corrected chi connectivity index (χ4v) is 4.89. The molecule has 0 amide bonds. The van der Waals surface area contributed by atoms with E-state index in [1.165, 1.54) is 49.4 Å². The molecule has 6 aromatic rings. The number of aryl methyl sites for hydroxylation is 3. The minimum Gasteiger partial charge on any atom is -0.329 e. The monoisotopic (exact) mass is 375 g/mol. The zero-order valence-corrected chi connectivity index (χ0v) is 16.8. The Bertz CT molecular complexity index is 1560. The summed E-state index contributed by atoms with van der Waals surface area (Å²) in [6, 6.07) is 23.7. The van der Waals surface area contributed by atoms with Crippen LogP contribution in [0, 0.1) is 13.8 Å². The maximum atomic E-state index is 5.14. The second kappa shape index (κ2) is 5.71. The molecular weight excluding hydrogens is 354 g/mol. The van der Waals surface area contributed by atoms with Gasteiger partial charge in [0.05, 0.1) is 11.2 Å². The van der Waals surface area contributed by atoms with Crippen LogP contribution in [0.25, 0.3) is 49.6 Å². The lowest BCUT2D eigenvalue weighted by Gasteiger charge is -2.06. The standard InChI is InChI=1S/C26H21N3/c1-16-9-8-10-17(2)23(16)21-15-29-25(27-21)19-12-5-4-11-18(19)24-20-13-6-7-14-22(20)28(3)26(24)29/h4-15H,1-3H3. The molecule has 0 bridgehead atoms. The van der Waals surface area contributed by atoms with E-state index < -0.39 is 0 Å². The van der Waals surface area contributed by atoms with Gasteiger partial charge in [0.25, 0.3) is 0 Å². The van der Waals surface area contributed by atoms with E-state index in [1.54, 1.807) is 0 Å². The predicted octanol–water partition coefficient (Wildman–Crippen LogP) is 6.42. The first-order valence-corrected chi connectivity index (χ1v) is 9.98. The Labute approximate surface area is 168 Å². The number of aromatic nitrogens is 3. The molecule has 0 N–H and O–H groups in total. The lowest BCUT2D eigenvalue weighted by Crippen LogP contribution is -1.95. The third-order valence-corrected chi connectivity index (χ3v) is 6.18. The van der Waals surface area contributed by atoms with Gasteiger partial charge in [-0.15, -0.1) is 0 Å². The van der Waals surface area contributed by atoms with Gasteiger partial charge in [0.15, 0.2) is 0 Å². The maximum Gasteiger partial charge on any atom is 0.147 e. The molecule has 0 spiro atoms. The summed E-state index contributed by atoms with van der Waals surface area (Å²) in [4.78, 5) is 5.14. The largest absolute Gasteiger partial charge is 0.329 e. The van der Waals surface area contributed by atoms with Crippen molar-refractivity contribution in [3.8, 4) is 11.3 Å². The normalized spacial score (nSPS) is 12.0. The van der Waals surface area contributed by atoms with Crippen molar-refractivity contribution in [3.63, 3.8) is 0 Å². The zero-order chi connectivity index (χ0) is 19.7. The van der Waals surface area contributed by atoms with Crippen LogP contribution in [0.3, 0.4) is 0 Å². The van der Waals surface area contributed by atoms with Crippen LogP contribution in [0.2, 0.25) is 0 Å². The van der Waals surface area contributed by atoms with Gasteiger partial charge >= 0.3 is 0 Å². The Morgan fingerprint density at radius 1 is 0.724 bits per heavy atom. The van der Waals surface area contributed by atoms with Crippen molar-refractivity contribution < 1.29 is 0 Å². The van der Waals surface area contributed by atoms with E-state index in [1.807, 2.05) is 0 Å². The topological polar surface area (TPSA) is 22.2 Å². The third kappa shape index (κ3) is 2.10. The Kier molecular flexibility index (Phi) is 3.22. The van der Waals surface area contributed by atoms with E-state index in [0.29, 0.717) is 0 Å². The Morgan fingerprint density at radius 2 is 1.38 bits per heavy atom. The summed E-state index contributed by atoms with van der Waals surface area (Å²) in [5.74, 6) is 0. The van der Waals surface area contributed by atoms with Gasteiger partial charge in [0.1, 0.15) is 11.3 Å². The van der Waals surface area contributed by atoms with Gasteiger partial charge in [-0.2, -0.15) is 0 Å². The maximum absolute atomic E-state index is 5.14. The highest BCUT2D eigenvalue weighted by molar-refractivity contribution is 6.22. The highest BCUT2D eigenvalue weighted by Crippen LogP contribution is 2.37. The molecule has 3 aromatic heterocycles. The van der Waals surface area contributed by atoms with Crippen molar-refractivity contribution in [1.29, 1.82) is 0 Å². The van der Waals surface area contributed by atoms with Crippen molar-refractivity contribution in [2.45, 2.75) is 13.8 Å². The van der Waals surface area contributed by atoms with Gasteiger partial charge < -0.3 is 4.57 Å². The van der Waals surface area contributed by atoms with Crippen LogP contribution in [-0.2, 0) is 7.05 Å². The van der Waals surface area contributed by atoms with Crippen LogP contribution in [0.15, 0.2) is 72.9 Å². The quantitative estimate of drug-likeness (QED) is 0.325. The zero-order valence-electron chi connectivity index (χ0n) is 16.8. The lowest BCUT2D eigenvalue weighted by atomic mass is 10.0. The van der Waals surface area contributed by atoms with Crippen LogP contribution in [-0.4, -0.2) is 14.0 Å². The molecule has 3 heterocycles. The molecule has 0 unspecified atom stereocenters. The minimum absolute atomic E-state index is 1.01. The first-order valence-electron chi connectivity index (χ1n) is 9.98. The number of hydrogen-bond acceptors (Lipinski definition) is 1. The number of rotatable bonds is 1. The van der Waals surface area contributed by atoms with E-state index >= 15 is 0 Å². The third-order valence-electron chi connectivity index (χ3n) is 6.18. The lowest BCUT2D eigenvalue weighted by molar-refractivity contribution is 0.974. The first kappa shape index (κ1) is 16.4. The van der Waals surface area contributed by atoms with Gasteiger partial charge in [0, 0.05) is 35.0 Å². The molecule has 0 fully saturated rings. The smallest absolute Gasteiger partial charge is 0.147 e. The molecule has 140 valence electrons. The number of fused-ring (bicyclic) bond motifs is 8. The molecule has 3 heteroatoms. The molecule has 29 heavy (non-hydrogen) atoms. The fourth-order valence-electron chi connectivity index (χ4n) is 4.89. The van der Waals surface area contributed by atoms with Gasteiger partial charge in [-0.3, -0.25) is 4.40 Å². The number of nitrogens with zero attached hydrogens (tertiary/aromatic N) is 3. The molecule has 3 nitrogen and oxygen atoms in total. The second-order valence-corrected chi connectivity index (χ2v) is 7.91. The van der Waals surface area contributed by atoms with E-state index in [4.69, 9.17) is 4.98 Å². The van der Waals surface area contributed by atoms with Crippen LogP contribution in [0.4, 0.5) is 0 Å². The summed E-state index contributed by atoms with van der Waals surface area (Å²) < 4.78 is 4.57. The van der Waals surface area contributed by atoms with Gasteiger partial charge in [-0.05, 0) is 36.4 Å². The molecule has 0 saturated heterocycles. The van der Waals surface area contributed by atoms with Gasteiger partial charge in [0.2, 0.25) is 0 Å². The molecule has 3 aromatic carbocycles. The molecule has 0 atom stereocenters. The number of imidazole rings is 1. The molecular formula is C26H21N3. The van der Waals surface area contributed by atoms with E-state index in [0.717, 1.165) is 11.3 Å². The molecule has 0 aliphatic rings. The fraction of sp³-hybridized carbons (Fsp3) is 0.115. The molecule has 6 rings (SSSR count). The molecule has 0 radical (unpaired) electrons. The summed E-state index contributed by atoms with van der Waals surface area (Å²) >= 11 is 0. The first-order chi connectivity index (χ1) is 14.1. The van der Waals surface area contributed by atoms with E-state index in [2.05, 4.69) is 103 Å². The minimum atomic E-state index is 1.01. The van der Waals surface area contributed by atoms with E-state index in [-0.39, 0.29) is 0 Å². The van der Waals surface area contributed by atoms with E-state index in [9.17, 15) is 0 Å². The number of benzene rings is 3. The summed E-state index contributed by atoms with van der Waals surface area (Å²) in [6.45, 7) is 4.33. The molecule has 0 aliphatic carbocycles. The summed E-state index contributed by atoms with van der Waals surface area (Å²) in [5, 5.41) is 5.02. The summed E-state index contributed by atoms with van der Waals surface area (Å²) in [7, 11) is 2.15. The van der Waals surface area contributed by atoms with Crippen LogP contribution < -0.4 is 0 Å². The van der Waals surface area contributed by atoms with Gasteiger partial charge in [-0.1, -0.05) is 60.7 Å². The number of para-hydroxylation sites is 1. The van der Waals surface area contributed by atoms with Crippen molar-refractivity contribution >= 4 is 38.4 Å². The highest BCUT2D eigenvalue weighted by atomic mass is 15.1. The molecule has 0 saturated carbocycles. The second-order valence-electron chi connectivity index (χ2n) is 7.91. The highest BCUT2D eigenvalue weighted by Gasteiger charge is 2.19. The Morgan fingerprint density at radius 3 is 2.14 bits per heavy atom. The number of pyridine rings is 1. The number of hydrogen-bond donors (Lipinski definition) is 0. The van der Waals surface area contributed by atoms with Crippen molar-refractivity contribution in [1.82, 2.24) is 14.0 Å². The SMILES string of the molecule is Cc1cccc(C)c1-c1cn2c(n1)c1ccccc1c1c3ccccc3n(C)c12. The summed E-state index contributed by atoms with van der Waals surface area (Å²) in [5.41, 5.74) is 8.21. The van der Waals surface area contributed by atoms with Gasteiger partial charge in [-0.25, -0.2) is 4.98 Å². The average molecular weight is 375 g/mol. The van der Waals surface area contributed by atoms with Crippen molar-refractivity contribution in [2.24, 2.45) is 7.05 Å².